The number of sulfonamides is 1. The Balaban J connectivity index is 1.52. The number of piperidine rings is 1. The van der Waals surface area contributed by atoms with Gasteiger partial charge in [0.25, 0.3) is 0 Å². The first-order chi connectivity index (χ1) is 11.5. The molecule has 3 rings (SSSR count). The summed E-state index contributed by atoms with van der Waals surface area (Å²) in [6.07, 6.45) is 5.16. The molecule has 1 aliphatic heterocycles. The molecule has 128 valence electrons. The Kier molecular flexibility index (Phi) is 5.06. The summed E-state index contributed by atoms with van der Waals surface area (Å²) in [5.74, 6) is 0.521. The van der Waals surface area contributed by atoms with E-state index in [1.807, 2.05) is 0 Å². The summed E-state index contributed by atoms with van der Waals surface area (Å²) in [4.78, 5) is 10.6. The Labute approximate surface area is 140 Å². The van der Waals surface area contributed by atoms with Crippen LogP contribution < -0.4 is 9.62 Å². The lowest BCUT2D eigenvalue weighted by molar-refractivity contribution is 0.399. The van der Waals surface area contributed by atoms with Crippen LogP contribution >= 0.6 is 0 Å². The Bertz CT molecular complexity index is 760. The predicted molar refractivity (Wildman–Crippen MR) is 88.6 cm³/mol. The number of hydrogen-bond donors (Lipinski definition) is 1. The predicted octanol–water partition coefficient (Wildman–Crippen LogP) is 1.81. The minimum atomic E-state index is -3.60. The number of halogens is 1. The molecular formula is C16H19FN4O2S. The second-order valence-corrected chi connectivity index (χ2v) is 7.55. The van der Waals surface area contributed by atoms with Crippen molar-refractivity contribution in [2.24, 2.45) is 5.92 Å². The van der Waals surface area contributed by atoms with Gasteiger partial charge in [0.2, 0.25) is 16.0 Å². The van der Waals surface area contributed by atoms with E-state index in [1.54, 1.807) is 18.5 Å². The zero-order valence-electron chi connectivity index (χ0n) is 13.1. The van der Waals surface area contributed by atoms with Gasteiger partial charge >= 0.3 is 0 Å². The monoisotopic (exact) mass is 350 g/mol. The molecule has 0 atom stereocenters. The number of anilines is 1. The summed E-state index contributed by atoms with van der Waals surface area (Å²) < 4.78 is 39.9. The molecule has 1 fully saturated rings. The van der Waals surface area contributed by atoms with E-state index in [9.17, 15) is 12.8 Å². The molecule has 1 N–H and O–H groups in total. The van der Waals surface area contributed by atoms with Gasteiger partial charge in [-0.05, 0) is 49.1 Å². The fourth-order valence-corrected chi connectivity index (χ4v) is 3.83. The largest absolute Gasteiger partial charge is 0.341 e. The standard InChI is InChI=1S/C16H19FN4O2S/c17-14-2-4-15(5-3-14)24(22,23)20-12-13-6-10-21(11-7-13)16-18-8-1-9-19-16/h1-5,8-9,13,20H,6-7,10-12H2. The number of nitrogens with zero attached hydrogens (tertiary/aromatic N) is 3. The molecule has 0 amide bonds. The smallest absolute Gasteiger partial charge is 0.240 e. The van der Waals surface area contributed by atoms with Gasteiger partial charge in [0.1, 0.15) is 5.82 Å². The van der Waals surface area contributed by atoms with Gasteiger partial charge in [0.05, 0.1) is 4.90 Å². The van der Waals surface area contributed by atoms with Crippen molar-refractivity contribution in [1.82, 2.24) is 14.7 Å². The van der Waals surface area contributed by atoms with Gasteiger partial charge in [-0.3, -0.25) is 0 Å². The van der Waals surface area contributed by atoms with Crippen molar-refractivity contribution in [3.8, 4) is 0 Å². The average Bonchev–Trinajstić information content (AvgIpc) is 2.62. The van der Waals surface area contributed by atoms with Gasteiger partial charge in [-0.25, -0.2) is 27.5 Å². The number of hydrogen-bond acceptors (Lipinski definition) is 5. The molecule has 1 aromatic carbocycles. The first-order valence-corrected chi connectivity index (χ1v) is 9.30. The van der Waals surface area contributed by atoms with Crippen molar-refractivity contribution in [2.45, 2.75) is 17.7 Å². The zero-order chi connectivity index (χ0) is 17.0. The minimum Gasteiger partial charge on any atom is -0.341 e. The van der Waals surface area contributed by atoms with Crippen molar-refractivity contribution in [1.29, 1.82) is 0 Å². The van der Waals surface area contributed by atoms with Gasteiger partial charge < -0.3 is 4.90 Å². The van der Waals surface area contributed by atoms with E-state index < -0.39 is 15.8 Å². The zero-order valence-corrected chi connectivity index (χ0v) is 13.9. The van der Waals surface area contributed by atoms with Crippen molar-refractivity contribution >= 4 is 16.0 Å². The van der Waals surface area contributed by atoms with E-state index in [4.69, 9.17) is 0 Å². The lowest BCUT2D eigenvalue weighted by Gasteiger charge is -2.31. The number of benzene rings is 1. The maximum atomic E-state index is 12.9. The third kappa shape index (κ3) is 4.07. The Morgan fingerprint density at radius 1 is 1.12 bits per heavy atom. The molecule has 1 saturated heterocycles. The molecule has 0 unspecified atom stereocenters. The Hall–Kier alpha value is -2.06. The normalized spacial score (nSPS) is 16.3. The van der Waals surface area contributed by atoms with Gasteiger partial charge in [0.15, 0.2) is 0 Å². The van der Waals surface area contributed by atoms with Crippen molar-refractivity contribution in [3.05, 3.63) is 48.5 Å². The van der Waals surface area contributed by atoms with Crippen molar-refractivity contribution in [3.63, 3.8) is 0 Å². The van der Waals surface area contributed by atoms with Crippen LogP contribution in [0.4, 0.5) is 10.3 Å². The lowest BCUT2D eigenvalue weighted by Crippen LogP contribution is -2.39. The van der Waals surface area contributed by atoms with Crippen LogP contribution in [-0.2, 0) is 10.0 Å². The molecule has 2 heterocycles. The van der Waals surface area contributed by atoms with Crippen molar-refractivity contribution < 1.29 is 12.8 Å². The Morgan fingerprint density at radius 3 is 2.38 bits per heavy atom. The third-order valence-electron chi connectivity index (χ3n) is 4.14. The van der Waals surface area contributed by atoms with Crippen LogP contribution in [0.5, 0.6) is 0 Å². The van der Waals surface area contributed by atoms with Crippen LogP contribution in [0.1, 0.15) is 12.8 Å². The van der Waals surface area contributed by atoms with E-state index in [1.165, 1.54) is 12.1 Å². The van der Waals surface area contributed by atoms with Crippen LogP contribution in [-0.4, -0.2) is 38.0 Å². The second kappa shape index (κ2) is 7.23. The summed E-state index contributed by atoms with van der Waals surface area (Å²) in [5, 5.41) is 0. The number of rotatable bonds is 5. The van der Waals surface area contributed by atoms with Gasteiger partial charge in [-0.15, -0.1) is 0 Å². The van der Waals surface area contributed by atoms with Crippen LogP contribution in [0.25, 0.3) is 0 Å². The summed E-state index contributed by atoms with van der Waals surface area (Å²) in [5.41, 5.74) is 0. The number of aromatic nitrogens is 2. The average molecular weight is 350 g/mol. The van der Waals surface area contributed by atoms with Gasteiger partial charge in [-0.1, -0.05) is 0 Å². The molecule has 24 heavy (non-hydrogen) atoms. The molecule has 1 aliphatic rings. The summed E-state index contributed by atoms with van der Waals surface area (Å²) in [6, 6.07) is 6.61. The highest BCUT2D eigenvalue weighted by molar-refractivity contribution is 7.89. The van der Waals surface area contributed by atoms with E-state index in [0.29, 0.717) is 12.5 Å². The summed E-state index contributed by atoms with van der Waals surface area (Å²) in [7, 11) is -3.60. The van der Waals surface area contributed by atoms with Gasteiger partial charge in [-0.2, -0.15) is 0 Å². The first-order valence-electron chi connectivity index (χ1n) is 7.82. The summed E-state index contributed by atoms with van der Waals surface area (Å²) in [6.45, 7) is 1.98. The maximum Gasteiger partial charge on any atom is 0.240 e. The topological polar surface area (TPSA) is 75.2 Å². The SMILES string of the molecule is O=S(=O)(NCC1CCN(c2ncccn2)CC1)c1ccc(F)cc1. The molecule has 0 bridgehead atoms. The van der Waals surface area contributed by atoms with E-state index in [-0.39, 0.29) is 10.8 Å². The highest BCUT2D eigenvalue weighted by atomic mass is 32.2. The van der Waals surface area contributed by atoms with Crippen LogP contribution in [0.15, 0.2) is 47.6 Å². The summed E-state index contributed by atoms with van der Waals surface area (Å²) >= 11 is 0. The first kappa shape index (κ1) is 16.8. The van der Waals surface area contributed by atoms with Crippen LogP contribution in [0.3, 0.4) is 0 Å². The quantitative estimate of drug-likeness (QED) is 0.890. The number of nitrogens with one attached hydrogen (secondary N) is 1. The molecule has 6 nitrogen and oxygen atoms in total. The third-order valence-corrected chi connectivity index (χ3v) is 5.57. The second-order valence-electron chi connectivity index (χ2n) is 5.79. The lowest BCUT2D eigenvalue weighted by atomic mass is 9.97. The molecule has 2 aromatic rings. The van der Waals surface area contributed by atoms with E-state index in [2.05, 4.69) is 19.6 Å². The van der Waals surface area contributed by atoms with E-state index in [0.717, 1.165) is 38.1 Å². The molecule has 0 saturated carbocycles. The molecule has 8 heteroatoms. The van der Waals surface area contributed by atoms with Crippen LogP contribution in [0, 0.1) is 11.7 Å². The highest BCUT2D eigenvalue weighted by Crippen LogP contribution is 2.20. The van der Waals surface area contributed by atoms with Crippen molar-refractivity contribution in [2.75, 3.05) is 24.5 Å². The van der Waals surface area contributed by atoms with E-state index >= 15 is 0 Å². The molecule has 1 aromatic heterocycles. The minimum absolute atomic E-state index is 0.0824. The maximum absolute atomic E-state index is 12.9. The molecule has 0 spiro atoms. The molecule has 0 radical (unpaired) electrons. The van der Waals surface area contributed by atoms with Crippen LogP contribution in [0.2, 0.25) is 0 Å². The Morgan fingerprint density at radius 2 is 1.75 bits per heavy atom. The molecule has 0 aliphatic carbocycles. The fourth-order valence-electron chi connectivity index (χ4n) is 2.72. The fraction of sp³-hybridized carbons (Fsp3) is 0.375. The van der Waals surface area contributed by atoms with Gasteiger partial charge in [0, 0.05) is 32.0 Å². The molecular weight excluding hydrogens is 331 g/mol. The highest BCUT2D eigenvalue weighted by Gasteiger charge is 2.23.